The molecular formula is C5H9NOS. The number of carbonyl (C=O) groups is 1. The number of thioether (sulfide) groups is 1. The molecule has 0 aliphatic rings. The van der Waals surface area contributed by atoms with Crippen LogP contribution in [0.3, 0.4) is 0 Å². The van der Waals surface area contributed by atoms with Gasteiger partial charge in [0.05, 0.1) is 5.03 Å². The average Bonchev–Trinajstić information content (AvgIpc) is 1.65. The minimum atomic E-state index is -0.00292. The molecule has 0 aromatic rings. The maximum atomic E-state index is 10.2. The molecule has 0 aliphatic heterocycles. The minimum Gasteiger partial charge on any atom is -0.393 e. The molecule has 0 radical (unpaired) electrons. The summed E-state index contributed by atoms with van der Waals surface area (Å²) < 4.78 is 0. The van der Waals surface area contributed by atoms with Crippen molar-refractivity contribution < 1.29 is 4.79 Å². The van der Waals surface area contributed by atoms with Gasteiger partial charge < -0.3 is 5.73 Å². The first-order chi connectivity index (χ1) is 3.66. The third-order valence-electron chi connectivity index (χ3n) is 0.581. The fourth-order valence-corrected chi connectivity index (χ4v) is 0.543. The van der Waals surface area contributed by atoms with Gasteiger partial charge in [0.1, 0.15) is 0 Å². The zero-order chi connectivity index (χ0) is 6.57. The van der Waals surface area contributed by atoms with Crippen molar-refractivity contribution >= 4 is 17.5 Å². The molecule has 0 saturated carbocycles. The van der Waals surface area contributed by atoms with Crippen molar-refractivity contribution in [1.29, 1.82) is 0 Å². The Morgan fingerprint density at radius 2 is 2.25 bits per heavy atom. The molecule has 0 rings (SSSR count). The average molecular weight is 131 g/mol. The predicted octanol–water partition coefficient (Wildman–Crippen LogP) is 0.739. The molecule has 3 heteroatoms. The van der Waals surface area contributed by atoms with Crippen molar-refractivity contribution in [3.8, 4) is 0 Å². The molecule has 0 atom stereocenters. The highest BCUT2D eigenvalue weighted by molar-refractivity contribution is 8.02. The summed E-state index contributed by atoms with van der Waals surface area (Å²) in [6.45, 7) is 1.48. The molecule has 0 fully saturated rings. The van der Waals surface area contributed by atoms with Crippen LogP contribution in [-0.2, 0) is 4.79 Å². The lowest BCUT2D eigenvalue weighted by Crippen LogP contribution is -1.94. The molecule has 46 valence electrons. The predicted molar refractivity (Wildman–Crippen MR) is 36.5 cm³/mol. The molecule has 2 N–H and O–H groups in total. The van der Waals surface area contributed by atoms with E-state index in [0.717, 1.165) is 0 Å². The third kappa shape index (κ3) is 3.74. The smallest absolute Gasteiger partial charge is 0.155 e. The van der Waals surface area contributed by atoms with Crippen LogP contribution < -0.4 is 5.73 Å². The van der Waals surface area contributed by atoms with Gasteiger partial charge in [-0.2, -0.15) is 0 Å². The second-order valence-electron chi connectivity index (χ2n) is 1.36. The Labute approximate surface area is 53.1 Å². The van der Waals surface area contributed by atoms with Crippen molar-refractivity contribution in [1.82, 2.24) is 0 Å². The molecule has 2 nitrogen and oxygen atoms in total. The summed E-state index contributed by atoms with van der Waals surface area (Å²) in [7, 11) is 0. The number of ketones is 1. The molecular weight excluding hydrogens is 122 g/mol. The van der Waals surface area contributed by atoms with E-state index in [1.165, 1.54) is 24.8 Å². The Bertz CT molecular complexity index is 120. The molecule has 0 aromatic heterocycles. The van der Waals surface area contributed by atoms with Gasteiger partial charge in [0.25, 0.3) is 0 Å². The van der Waals surface area contributed by atoms with E-state index in [0.29, 0.717) is 5.03 Å². The van der Waals surface area contributed by atoms with Crippen molar-refractivity contribution in [2.75, 3.05) is 6.26 Å². The second-order valence-corrected chi connectivity index (χ2v) is 2.24. The quantitative estimate of drug-likeness (QED) is 0.562. The topological polar surface area (TPSA) is 43.1 Å². The van der Waals surface area contributed by atoms with Crippen molar-refractivity contribution in [2.45, 2.75) is 6.92 Å². The SMILES string of the molecule is CS/C(N)=C/C(C)=O. The van der Waals surface area contributed by atoms with Gasteiger partial charge >= 0.3 is 0 Å². The van der Waals surface area contributed by atoms with Crippen molar-refractivity contribution in [2.24, 2.45) is 5.73 Å². The van der Waals surface area contributed by atoms with Gasteiger partial charge in [0, 0.05) is 6.08 Å². The van der Waals surface area contributed by atoms with E-state index < -0.39 is 0 Å². The van der Waals surface area contributed by atoms with E-state index in [4.69, 9.17) is 5.73 Å². The van der Waals surface area contributed by atoms with Gasteiger partial charge in [-0.1, -0.05) is 0 Å². The first-order valence-electron chi connectivity index (χ1n) is 2.18. The Balaban J connectivity index is 3.75. The Morgan fingerprint density at radius 1 is 1.75 bits per heavy atom. The van der Waals surface area contributed by atoms with Crippen molar-refractivity contribution in [3.05, 3.63) is 11.1 Å². The maximum Gasteiger partial charge on any atom is 0.155 e. The summed E-state index contributed by atoms with van der Waals surface area (Å²) in [5, 5.41) is 0.567. The summed E-state index contributed by atoms with van der Waals surface area (Å²) >= 11 is 1.37. The molecule has 0 aromatic carbocycles. The maximum absolute atomic E-state index is 10.2. The Kier molecular flexibility index (Phi) is 3.35. The Hall–Kier alpha value is -0.440. The first kappa shape index (κ1) is 7.56. The molecule has 0 unspecified atom stereocenters. The molecule has 0 heterocycles. The molecule has 0 saturated heterocycles. The number of nitrogens with two attached hydrogens (primary N) is 1. The van der Waals surface area contributed by atoms with E-state index in [1.807, 2.05) is 6.26 Å². The fourth-order valence-electron chi connectivity index (χ4n) is 0.259. The van der Waals surface area contributed by atoms with Crippen LogP contribution >= 0.6 is 11.8 Å². The van der Waals surface area contributed by atoms with Crippen LogP contribution in [0.4, 0.5) is 0 Å². The summed E-state index contributed by atoms with van der Waals surface area (Å²) in [4.78, 5) is 10.2. The van der Waals surface area contributed by atoms with E-state index in [9.17, 15) is 4.79 Å². The van der Waals surface area contributed by atoms with E-state index in [1.54, 1.807) is 0 Å². The number of hydrogen-bond donors (Lipinski definition) is 1. The van der Waals surface area contributed by atoms with Gasteiger partial charge in [0.2, 0.25) is 0 Å². The van der Waals surface area contributed by atoms with Gasteiger partial charge in [-0.3, -0.25) is 4.79 Å². The summed E-state index contributed by atoms with van der Waals surface area (Å²) in [5.41, 5.74) is 5.28. The number of hydrogen-bond acceptors (Lipinski definition) is 3. The van der Waals surface area contributed by atoms with Crippen molar-refractivity contribution in [3.63, 3.8) is 0 Å². The molecule has 0 amide bonds. The lowest BCUT2D eigenvalue weighted by molar-refractivity contribution is -0.112. The highest BCUT2D eigenvalue weighted by Crippen LogP contribution is 2.01. The normalized spacial score (nSPS) is 11.5. The summed E-state index contributed by atoms with van der Waals surface area (Å²) in [6, 6.07) is 0. The zero-order valence-corrected chi connectivity index (χ0v) is 5.79. The van der Waals surface area contributed by atoms with E-state index >= 15 is 0 Å². The molecule has 0 spiro atoms. The highest BCUT2D eigenvalue weighted by atomic mass is 32.2. The largest absolute Gasteiger partial charge is 0.393 e. The lowest BCUT2D eigenvalue weighted by atomic mass is 10.4. The van der Waals surface area contributed by atoms with Crippen LogP contribution in [0.1, 0.15) is 6.92 Å². The molecule has 0 aliphatic carbocycles. The van der Waals surface area contributed by atoms with E-state index in [2.05, 4.69) is 0 Å². The van der Waals surface area contributed by atoms with Gasteiger partial charge in [0.15, 0.2) is 5.78 Å². The minimum absolute atomic E-state index is 0.00292. The van der Waals surface area contributed by atoms with Crippen LogP contribution in [0.2, 0.25) is 0 Å². The molecule has 0 bridgehead atoms. The van der Waals surface area contributed by atoms with E-state index in [-0.39, 0.29) is 5.78 Å². The van der Waals surface area contributed by atoms with Crippen LogP contribution in [0.5, 0.6) is 0 Å². The first-order valence-corrected chi connectivity index (χ1v) is 3.41. The van der Waals surface area contributed by atoms with Gasteiger partial charge in [-0.15, -0.1) is 11.8 Å². The fraction of sp³-hybridized carbons (Fsp3) is 0.400. The Morgan fingerprint density at radius 3 is 2.38 bits per heavy atom. The third-order valence-corrected chi connectivity index (χ3v) is 1.17. The number of carbonyl (C=O) groups excluding carboxylic acids is 1. The standard InChI is InChI=1S/C5H9NOS/c1-4(7)3-5(6)8-2/h3H,6H2,1-2H3/b5-3+. The van der Waals surface area contributed by atoms with Gasteiger partial charge in [-0.05, 0) is 13.2 Å². The monoisotopic (exact) mass is 131 g/mol. The van der Waals surface area contributed by atoms with Gasteiger partial charge in [-0.25, -0.2) is 0 Å². The highest BCUT2D eigenvalue weighted by Gasteiger charge is 1.86. The van der Waals surface area contributed by atoms with Crippen LogP contribution in [0.25, 0.3) is 0 Å². The van der Waals surface area contributed by atoms with Crippen LogP contribution in [0, 0.1) is 0 Å². The van der Waals surface area contributed by atoms with Crippen LogP contribution in [-0.4, -0.2) is 12.0 Å². The zero-order valence-electron chi connectivity index (χ0n) is 4.97. The lowest BCUT2D eigenvalue weighted by Gasteiger charge is -1.88. The summed E-state index contributed by atoms with van der Waals surface area (Å²) in [5.74, 6) is -0.00292. The molecule has 8 heavy (non-hydrogen) atoms. The number of allylic oxidation sites excluding steroid dienone is 1. The summed E-state index contributed by atoms with van der Waals surface area (Å²) in [6.07, 6.45) is 3.24. The second kappa shape index (κ2) is 3.55. The van der Waals surface area contributed by atoms with Crippen LogP contribution in [0.15, 0.2) is 11.1 Å². The number of rotatable bonds is 2.